The first kappa shape index (κ1) is 12.7. The minimum atomic E-state index is -3.40. The van der Waals surface area contributed by atoms with Crippen LogP contribution < -0.4 is 10.0 Å². The molecule has 0 aromatic heterocycles. The summed E-state index contributed by atoms with van der Waals surface area (Å²) in [6.07, 6.45) is 0.246. The van der Waals surface area contributed by atoms with Crippen LogP contribution >= 0.6 is 0 Å². The number of benzene rings is 1. The Morgan fingerprint density at radius 1 is 1.19 bits per heavy atom. The Hall–Kier alpha value is -1.40. The van der Waals surface area contributed by atoms with Crippen molar-refractivity contribution in [3.63, 3.8) is 0 Å². The number of hydrogen-bond donors (Lipinski definition) is 2. The molecule has 0 bridgehead atoms. The molecule has 0 fully saturated rings. The highest BCUT2D eigenvalue weighted by Crippen LogP contribution is 2.10. The standard InChI is InChI=1S/C10H14N2O3S/c1-11-10(13)7-8-3-5-9(6-4-8)16(14,15)12-2/h3-6,12H,7H2,1-2H3,(H,11,13). The van der Waals surface area contributed by atoms with Crippen molar-refractivity contribution in [3.05, 3.63) is 29.8 Å². The highest BCUT2D eigenvalue weighted by Gasteiger charge is 2.10. The normalized spacial score (nSPS) is 11.1. The molecule has 0 unspecified atom stereocenters. The highest BCUT2D eigenvalue weighted by molar-refractivity contribution is 7.89. The van der Waals surface area contributed by atoms with Gasteiger partial charge in [0.1, 0.15) is 0 Å². The summed E-state index contributed by atoms with van der Waals surface area (Å²) in [5.74, 6) is -0.107. The second kappa shape index (κ2) is 5.09. The lowest BCUT2D eigenvalue weighted by Crippen LogP contribution is -2.20. The molecular weight excluding hydrogens is 228 g/mol. The van der Waals surface area contributed by atoms with Gasteiger partial charge in [-0.1, -0.05) is 12.1 Å². The Labute approximate surface area is 94.9 Å². The van der Waals surface area contributed by atoms with E-state index in [1.807, 2.05) is 0 Å². The monoisotopic (exact) mass is 242 g/mol. The predicted molar refractivity (Wildman–Crippen MR) is 60.5 cm³/mol. The van der Waals surface area contributed by atoms with Gasteiger partial charge >= 0.3 is 0 Å². The Morgan fingerprint density at radius 2 is 1.75 bits per heavy atom. The SMILES string of the molecule is CNC(=O)Cc1ccc(S(=O)(=O)NC)cc1. The average Bonchev–Trinajstić information content (AvgIpc) is 2.29. The van der Waals surface area contributed by atoms with Crippen LogP contribution in [-0.4, -0.2) is 28.4 Å². The zero-order chi connectivity index (χ0) is 12.2. The smallest absolute Gasteiger partial charge is 0.240 e. The fourth-order valence-electron chi connectivity index (χ4n) is 1.18. The Morgan fingerprint density at radius 3 is 2.19 bits per heavy atom. The van der Waals surface area contributed by atoms with E-state index >= 15 is 0 Å². The van der Waals surface area contributed by atoms with Gasteiger partial charge in [-0.2, -0.15) is 0 Å². The first-order valence-electron chi connectivity index (χ1n) is 4.72. The zero-order valence-corrected chi connectivity index (χ0v) is 9.97. The summed E-state index contributed by atoms with van der Waals surface area (Å²) in [6, 6.07) is 6.20. The van der Waals surface area contributed by atoms with E-state index in [1.54, 1.807) is 19.2 Å². The number of nitrogens with one attached hydrogen (secondary N) is 2. The quantitative estimate of drug-likeness (QED) is 0.773. The molecule has 6 heteroatoms. The Bertz CT molecular complexity index is 465. The molecule has 16 heavy (non-hydrogen) atoms. The van der Waals surface area contributed by atoms with Crippen molar-refractivity contribution in [2.75, 3.05) is 14.1 Å². The largest absolute Gasteiger partial charge is 0.359 e. The number of sulfonamides is 1. The third kappa shape index (κ3) is 3.04. The summed E-state index contributed by atoms with van der Waals surface area (Å²) in [6.45, 7) is 0. The predicted octanol–water partition coefficient (Wildman–Crippen LogP) is -0.117. The van der Waals surface area contributed by atoms with Crippen LogP contribution in [0.1, 0.15) is 5.56 Å². The van der Waals surface area contributed by atoms with Crippen LogP contribution in [0.15, 0.2) is 29.2 Å². The van der Waals surface area contributed by atoms with Gasteiger partial charge in [0, 0.05) is 7.05 Å². The lowest BCUT2D eigenvalue weighted by atomic mass is 10.1. The number of hydrogen-bond acceptors (Lipinski definition) is 3. The summed E-state index contributed by atoms with van der Waals surface area (Å²) in [4.78, 5) is 11.3. The maximum absolute atomic E-state index is 11.4. The summed E-state index contributed by atoms with van der Waals surface area (Å²) in [7, 11) is -0.487. The molecule has 0 spiro atoms. The molecule has 1 aromatic rings. The second-order valence-corrected chi connectivity index (χ2v) is 5.09. The number of likely N-dealkylation sites (N-methyl/N-ethyl adjacent to an activating group) is 1. The molecule has 0 aliphatic heterocycles. The van der Waals surface area contributed by atoms with Crippen molar-refractivity contribution in [1.82, 2.24) is 10.0 Å². The van der Waals surface area contributed by atoms with Crippen molar-refractivity contribution in [2.24, 2.45) is 0 Å². The molecule has 0 saturated carbocycles. The van der Waals surface area contributed by atoms with E-state index in [4.69, 9.17) is 0 Å². The topological polar surface area (TPSA) is 75.3 Å². The van der Waals surface area contributed by atoms with E-state index < -0.39 is 10.0 Å². The first-order valence-corrected chi connectivity index (χ1v) is 6.21. The lowest BCUT2D eigenvalue weighted by Gasteiger charge is -2.04. The molecule has 0 aliphatic rings. The molecule has 0 radical (unpaired) electrons. The molecule has 1 amide bonds. The molecule has 88 valence electrons. The van der Waals surface area contributed by atoms with Gasteiger partial charge in [0.15, 0.2) is 0 Å². The van der Waals surface area contributed by atoms with Crippen molar-refractivity contribution < 1.29 is 13.2 Å². The van der Waals surface area contributed by atoms with Gasteiger partial charge in [0.2, 0.25) is 15.9 Å². The van der Waals surface area contributed by atoms with Gasteiger partial charge in [0.05, 0.1) is 11.3 Å². The number of carbonyl (C=O) groups is 1. The third-order valence-electron chi connectivity index (χ3n) is 2.15. The zero-order valence-electron chi connectivity index (χ0n) is 9.15. The molecular formula is C10H14N2O3S. The van der Waals surface area contributed by atoms with Gasteiger partial charge in [-0.05, 0) is 24.7 Å². The molecule has 0 aliphatic carbocycles. The molecule has 5 nitrogen and oxygen atoms in total. The lowest BCUT2D eigenvalue weighted by molar-refractivity contribution is -0.119. The summed E-state index contributed by atoms with van der Waals surface area (Å²) in [5.41, 5.74) is 0.773. The van der Waals surface area contributed by atoms with Gasteiger partial charge in [-0.25, -0.2) is 13.1 Å². The minimum Gasteiger partial charge on any atom is -0.359 e. The van der Waals surface area contributed by atoms with Crippen LogP contribution in [0, 0.1) is 0 Å². The molecule has 0 heterocycles. The molecule has 0 atom stereocenters. The van der Waals surface area contributed by atoms with E-state index in [1.165, 1.54) is 19.2 Å². The number of carbonyl (C=O) groups excluding carboxylic acids is 1. The highest BCUT2D eigenvalue weighted by atomic mass is 32.2. The molecule has 1 aromatic carbocycles. The van der Waals surface area contributed by atoms with Gasteiger partial charge in [0.25, 0.3) is 0 Å². The Balaban J connectivity index is 2.88. The van der Waals surface area contributed by atoms with E-state index in [0.717, 1.165) is 5.56 Å². The van der Waals surface area contributed by atoms with Crippen LogP contribution in [-0.2, 0) is 21.2 Å². The second-order valence-electron chi connectivity index (χ2n) is 3.20. The van der Waals surface area contributed by atoms with Crippen LogP contribution in [0.3, 0.4) is 0 Å². The van der Waals surface area contributed by atoms with Gasteiger partial charge in [-0.3, -0.25) is 4.79 Å². The fourth-order valence-corrected chi connectivity index (χ4v) is 1.91. The number of rotatable bonds is 4. The van der Waals surface area contributed by atoms with Gasteiger partial charge in [-0.15, -0.1) is 0 Å². The third-order valence-corrected chi connectivity index (χ3v) is 3.58. The van der Waals surface area contributed by atoms with Crippen molar-refractivity contribution in [3.8, 4) is 0 Å². The minimum absolute atomic E-state index is 0.107. The molecule has 2 N–H and O–H groups in total. The van der Waals surface area contributed by atoms with Crippen LogP contribution in [0.25, 0.3) is 0 Å². The van der Waals surface area contributed by atoms with E-state index in [2.05, 4.69) is 10.0 Å². The van der Waals surface area contributed by atoms with Crippen LogP contribution in [0.5, 0.6) is 0 Å². The Kier molecular flexibility index (Phi) is 4.03. The van der Waals surface area contributed by atoms with E-state index in [0.29, 0.717) is 0 Å². The van der Waals surface area contributed by atoms with Gasteiger partial charge < -0.3 is 5.32 Å². The summed E-state index contributed by atoms with van der Waals surface area (Å²) >= 11 is 0. The maximum atomic E-state index is 11.4. The molecule has 1 rings (SSSR count). The maximum Gasteiger partial charge on any atom is 0.240 e. The van der Waals surface area contributed by atoms with Crippen molar-refractivity contribution >= 4 is 15.9 Å². The number of amides is 1. The average molecular weight is 242 g/mol. The first-order chi connectivity index (χ1) is 7.49. The van der Waals surface area contributed by atoms with E-state index in [9.17, 15) is 13.2 Å². The van der Waals surface area contributed by atoms with Crippen molar-refractivity contribution in [2.45, 2.75) is 11.3 Å². The summed E-state index contributed by atoms with van der Waals surface area (Å²) in [5, 5.41) is 2.50. The van der Waals surface area contributed by atoms with Crippen LogP contribution in [0.4, 0.5) is 0 Å². The van der Waals surface area contributed by atoms with E-state index in [-0.39, 0.29) is 17.2 Å². The summed E-state index contributed by atoms with van der Waals surface area (Å²) < 4.78 is 25.0. The van der Waals surface area contributed by atoms with Crippen molar-refractivity contribution in [1.29, 1.82) is 0 Å². The fraction of sp³-hybridized carbons (Fsp3) is 0.300. The molecule has 0 saturated heterocycles. The van der Waals surface area contributed by atoms with Crippen LogP contribution in [0.2, 0.25) is 0 Å².